The van der Waals surface area contributed by atoms with Crippen LogP contribution in [0.5, 0.6) is 0 Å². The second-order valence-corrected chi connectivity index (χ2v) is 4.63. The number of amides is 1. The van der Waals surface area contributed by atoms with E-state index in [1.807, 2.05) is 49.4 Å². The van der Waals surface area contributed by atoms with Crippen LogP contribution in [0.4, 0.5) is 4.79 Å². The molecule has 104 valence electrons. The summed E-state index contributed by atoms with van der Waals surface area (Å²) in [6.45, 7) is 2.24. The highest BCUT2D eigenvalue weighted by atomic mass is 16.4. The van der Waals surface area contributed by atoms with E-state index in [0.717, 1.165) is 27.8 Å². The molecule has 2 aromatic carbocycles. The Morgan fingerprint density at radius 2 is 1.95 bits per heavy atom. The summed E-state index contributed by atoms with van der Waals surface area (Å²) in [5.41, 5.74) is 4.82. The number of aryl methyl sites for hydroxylation is 1. The van der Waals surface area contributed by atoms with Crippen LogP contribution >= 0.6 is 0 Å². The Labute approximate surface area is 117 Å². The third-order valence-corrected chi connectivity index (χ3v) is 3.19. The second kappa shape index (κ2) is 6.21. The molecule has 4 heteroatoms. The molecule has 2 aromatic rings. The first-order valence-corrected chi connectivity index (χ1v) is 6.37. The zero-order valence-electron chi connectivity index (χ0n) is 11.3. The van der Waals surface area contributed by atoms with Crippen LogP contribution in [0.1, 0.15) is 16.7 Å². The van der Waals surface area contributed by atoms with Crippen LogP contribution in [0.15, 0.2) is 42.5 Å². The van der Waals surface area contributed by atoms with Gasteiger partial charge in [-0.2, -0.15) is 0 Å². The summed E-state index contributed by atoms with van der Waals surface area (Å²) in [5, 5.41) is 20.4. The highest BCUT2D eigenvalue weighted by molar-refractivity contribution is 5.72. The standard InChI is InChI=1S/C16H17NO3/c1-11-4-2-7-14(9-17-16(19)20)15(11)13-6-3-5-12(8-13)10-18/h2-8,17-18H,9-10H2,1H3,(H,19,20). The molecule has 0 aliphatic heterocycles. The van der Waals surface area contributed by atoms with E-state index in [1.165, 1.54) is 0 Å². The van der Waals surface area contributed by atoms with Crippen molar-refractivity contribution in [2.75, 3.05) is 0 Å². The van der Waals surface area contributed by atoms with Crippen LogP contribution in [0.25, 0.3) is 11.1 Å². The molecule has 0 radical (unpaired) electrons. The molecular formula is C16H17NO3. The summed E-state index contributed by atoms with van der Waals surface area (Å²) in [6, 6.07) is 13.4. The number of rotatable bonds is 4. The van der Waals surface area contributed by atoms with Crippen molar-refractivity contribution in [3.8, 4) is 11.1 Å². The number of aliphatic hydroxyl groups excluding tert-OH is 1. The average molecular weight is 271 g/mol. The summed E-state index contributed by atoms with van der Waals surface area (Å²) < 4.78 is 0. The number of nitrogens with one attached hydrogen (secondary N) is 1. The maximum Gasteiger partial charge on any atom is 0.404 e. The number of hydrogen-bond donors (Lipinski definition) is 3. The molecule has 0 bridgehead atoms. The van der Waals surface area contributed by atoms with Gasteiger partial charge in [0.05, 0.1) is 6.61 Å². The SMILES string of the molecule is Cc1cccc(CNC(=O)O)c1-c1cccc(CO)c1. The van der Waals surface area contributed by atoms with E-state index in [4.69, 9.17) is 5.11 Å². The molecule has 0 unspecified atom stereocenters. The van der Waals surface area contributed by atoms with Gasteiger partial charge in [0.15, 0.2) is 0 Å². The van der Waals surface area contributed by atoms with Gasteiger partial charge in [0, 0.05) is 6.54 Å². The topological polar surface area (TPSA) is 69.6 Å². The maximum atomic E-state index is 10.7. The lowest BCUT2D eigenvalue weighted by molar-refractivity contribution is 0.194. The zero-order chi connectivity index (χ0) is 14.5. The van der Waals surface area contributed by atoms with E-state index in [9.17, 15) is 9.90 Å². The van der Waals surface area contributed by atoms with Crippen molar-refractivity contribution in [3.05, 3.63) is 59.2 Å². The fourth-order valence-corrected chi connectivity index (χ4v) is 2.28. The normalized spacial score (nSPS) is 10.3. The summed E-state index contributed by atoms with van der Waals surface area (Å²) in [7, 11) is 0. The Morgan fingerprint density at radius 3 is 2.65 bits per heavy atom. The summed E-state index contributed by atoms with van der Waals surface area (Å²) >= 11 is 0. The summed E-state index contributed by atoms with van der Waals surface area (Å²) in [4.78, 5) is 10.7. The second-order valence-electron chi connectivity index (χ2n) is 4.63. The van der Waals surface area contributed by atoms with Crippen molar-refractivity contribution in [3.63, 3.8) is 0 Å². The predicted octanol–water partition coefficient (Wildman–Crippen LogP) is 2.92. The lowest BCUT2D eigenvalue weighted by Crippen LogP contribution is -2.20. The molecule has 20 heavy (non-hydrogen) atoms. The molecule has 2 rings (SSSR count). The minimum atomic E-state index is -1.04. The molecule has 0 aromatic heterocycles. The van der Waals surface area contributed by atoms with E-state index < -0.39 is 6.09 Å². The van der Waals surface area contributed by atoms with Gasteiger partial charge >= 0.3 is 6.09 Å². The monoisotopic (exact) mass is 271 g/mol. The van der Waals surface area contributed by atoms with Crippen LogP contribution in [0.2, 0.25) is 0 Å². The van der Waals surface area contributed by atoms with Gasteiger partial charge in [0.1, 0.15) is 0 Å². The largest absolute Gasteiger partial charge is 0.465 e. The molecule has 3 N–H and O–H groups in total. The molecule has 0 spiro atoms. The van der Waals surface area contributed by atoms with E-state index in [1.54, 1.807) is 0 Å². The van der Waals surface area contributed by atoms with Gasteiger partial charge in [-0.05, 0) is 40.8 Å². The molecule has 4 nitrogen and oxygen atoms in total. The third kappa shape index (κ3) is 3.16. The maximum absolute atomic E-state index is 10.7. The minimum absolute atomic E-state index is 0.0115. The van der Waals surface area contributed by atoms with Crippen LogP contribution in [-0.2, 0) is 13.2 Å². The van der Waals surface area contributed by atoms with Crippen LogP contribution in [0, 0.1) is 6.92 Å². The van der Waals surface area contributed by atoms with Crippen molar-refractivity contribution in [2.24, 2.45) is 0 Å². The van der Waals surface area contributed by atoms with E-state index >= 15 is 0 Å². The van der Waals surface area contributed by atoms with Gasteiger partial charge in [-0.3, -0.25) is 0 Å². The number of carbonyl (C=O) groups is 1. The number of carboxylic acid groups (broad SMARTS) is 1. The Bertz CT molecular complexity index is 623. The minimum Gasteiger partial charge on any atom is -0.465 e. The number of hydrogen-bond acceptors (Lipinski definition) is 2. The number of aliphatic hydroxyl groups is 1. The molecule has 0 heterocycles. The van der Waals surface area contributed by atoms with Crippen molar-refractivity contribution in [1.29, 1.82) is 0 Å². The Balaban J connectivity index is 2.45. The molecule has 0 atom stereocenters. The van der Waals surface area contributed by atoms with E-state index in [2.05, 4.69) is 5.32 Å². The first-order chi connectivity index (χ1) is 9.61. The Hall–Kier alpha value is -2.33. The van der Waals surface area contributed by atoms with Gasteiger partial charge < -0.3 is 15.5 Å². The Morgan fingerprint density at radius 1 is 1.20 bits per heavy atom. The van der Waals surface area contributed by atoms with Crippen molar-refractivity contribution in [2.45, 2.75) is 20.1 Å². The van der Waals surface area contributed by atoms with Gasteiger partial charge in [0.2, 0.25) is 0 Å². The lowest BCUT2D eigenvalue weighted by atomic mass is 9.94. The molecule has 0 saturated carbocycles. The highest BCUT2D eigenvalue weighted by Gasteiger charge is 2.09. The quantitative estimate of drug-likeness (QED) is 0.800. The van der Waals surface area contributed by atoms with Gasteiger partial charge in [-0.15, -0.1) is 0 Å². The van der Waals surface area contributed by atoms with Crippen molar-refractivity contribution in [1.82, 2.24) is 5.32 Å². The smallest absolute Gasteiger partial charge is 0.404 e. The van der Waals surface area contributed by atoms with Crippen LogP contribution in [-0.4, -0.2) is 16.3 Å². The average Bonchev–Trinajstić information content (AvgIpc) is 2.45. The van der Waals surface area contributed by atoms with E-state index in [0.29, 0.717) is 0 Å². The molecule has 0 aliphatic carbocycles. The molecule has 1 amide bonds. The molecule has 0 saturated heterocycles. The fourth-order valence-electron chi connectivity index (χ4n) is 2.28. The van der Waals surface area contributed by atoms with Crippen LogP contribution in [0.3, 0.4) is 0 Å². The van der Waals surface area contributed by atoms with Gasteiger partial charge in [-0.25, -0.2) is 4.79 Å². The van der Waals surface area contributed by atoms with Crippen molar-refractivity contribution < 1.29 is 15.0 Å². The molecule has 0 fully saturated rings. The lowest BCUT2D eigenvalue weighted by Gasteiger charge is -2.13. The summed E-state index contributed by atoms with van der Waals surface area (Å²) in [6.07, 6.45) is -1.04. The van der Waals surface area contributed by atoms with Gasteiger partial charge in [0.25, 0.3) is 0 Å². The zero-order valence-corrected chi connectivity index (χ0v) is 11.3. The first-order valence-electron chi connectivity index (χ1n) is 6.37. The van der Waals surface area contributed by atoms with E-state index in [-0.39, 0.29) is 13.2 Å². The van der Waals surface area contributed by atoms with Crippen LogP contribution < -0.4 is 5.32 Å². The fraction of sp³-hybridized carbons (Fsp3) is 0.188. The van der Waals surface area contributed by atoms with Crippen molar-refractivity contribution >= 4 is 6.09 Å². The predicted molar refractivity (Wildman–Crippen MR) is 77.4 cm³/mol. The summed E-state index contributed by atoms with van der Waals surface area (Å²) in [5.74, 6) is 0. The Kier molecular flexibility index (Phi) is 4.38. The molecule has 0 aliphatic rings. The van der Waals surface area contributed by atoms with Gasteiger partial charge in [-0.1, -0.05) is 36.4 Å². The molecular weight excluding hydrogens is 254 g/mol. The third-order valence-electron chi connectivity index (χ3n) is 3.19. The number of benzene rings is 2. The first kappa shape index (κ1) is 14.1. The highest BCUT2D eigenvalue weighted by Crippen LogP contribution is 2.28.